The Morgan fingerprint density at radius 3 is 2.41 bits per heavy atom. The molecule has 0 aliphatic carbocycles. The topological polar surface area (TPSA) is 65.5 Å². The van der Waals surface area contributed by atoms with Gasteiger partial charge < -0.3 is 9.47 Å². The fraction of sp³-hybridized carbons (Fsp3) is 0.312. The fourth-order valence-electron chi connectivity index (χ4n) is 1.92. The van der Waals surface area contributed by atoms with E-state index in [4.69, 9.17) is 9.47 Å². The molecular weight excluding hydrogens is 302 g/mol. The first-order chi connectivity index (χ1) is 10.7. The highest BCUT2D eigenvalue weighted by Gasteiger charge is 2.30. The summed E-state index contributed by atoms with van der Waals surface area (Å²) < 4.78 is 10.0. The Balaban J connectivity index is 2.35. The normalized spacial score (nSPS) is 11.1. The van der Waals surface area contributed by atoms with Crippen LogP contribution in [0.25, 0.3) is 10.6 Å². The van der Waals surface area contributed by atoms with Crippen molar-refractivity contribution in [3.8, 4) is 10.6 Å². The van der Waals surface area contributed by atoms with Gasteiger partial charge in [0.2, 0.25) is 0 Å². The summed E-state index contributed by atoms with van der Waals surface area (Å²) in [5, 5.41) is 2.01. The highest BCUT2D eigenvalue weighted by atomic mass is 32.2. The number of thiazole rings is 1. The molecule has 0 bridgehead atoms. The molecule has 5 nitrogen and oxygen atoms in total. The number of rotatable bonds is 6. The Bertz CT molecular complexity index is 651. The van der Waals surface area contributed by atoms with Crippen LogP contribution in [0.2, 0.25) is 0 Å². The number of benzene rings is 1. The number of carbonyl (C=O) groups is 2. The maximum Gasteiger partial charge on any atom is 0.556 e. The average Bonchev–Trinajstić information content (AvgIpc) is 2.92. The van der Waals surface area contributed by atoms with Gasteiger partial charge in [0.15, 0.2) is 5.38 Å². The molecule has 22 heavy (non-hydrogen) atoms. The Kier molecular flexibility index (Phi) is 5.66. The number of nitrogens with zero attached hydrogens (tertiary/aromatic N) is 1. The van der Waals surface area contributed by atoms with Gasteiger partial charge in [-0.25, -0.2) is 0 Å². The lowest BCUT2D eigenvalue weighted by Crippen LogP contribution is -2.07. The van der Waals surface area contributed by atoms with Gasteiger partial charge in [0.1, 0.15) is 16.2 Å². The fourth-order valence-corrected chi connectivity index (χ4v) is 3.54. The second-order valence-electron chi connectivity index (χ2n) is 4.39. The molecule has 0 saturated carbocycles. The smallest absolute Gasteiger partial charge is 0.466 e. The van der Waals surface area contributed by atoms with Crippen LogP contribution < -0.4 is 0 Å². The van der Waals surface area contributed by atoms with Crippen LogP contribution in [0, 0.1) is 0 Å². The maximum absolute atomic E-state index is 12.1. The summed E-state index contributed by atoms with van der Waals surface area (Å²) >= 11 is 0. The van der Waals surface area contributed by atoms with Gasteiger partial charge in [-0.15, -0.1) is 0 Å². The zero-order valence-electron chi connectivity index (χ0n) is 12.6. The zero-order chi connectivity index (χ0) is 15.9. The standard InChI is InChI=1S/C16H18NO4S/c1-3-20-14(18)10-13-11-22(16(19)21-4-2)15(17-13)12-8-6-5-7-9-12/h5-9,11H,3-4,10H2,1-2H3/q+1. The summed E-state index contributed by atoms with van der Waals surface area (Å²) in [6.45, 7) is 4.15. The zero-order valence-corrected chi connectivity index (χ0v) is 13.4. The van der Waals surface area contributed by atoms with E-state index in [1.54, 1.807) is 19.2 Å². The van der Waals surface area contributed by atoms with Gasteiger partial charge in [0.25, 0.3) is 5.01 Å². The minimum absolute atomic E-state index is 0.0626. The van der Waals surface area contributed by atoms with Crippen molar-refractivity contribution in [1.82, 2.24) is 4.98 Å². The number of aromatic nitrogens is 1. The lowest BCUT2D eigenvalue weighted by atomic mass is 10.2. The first-order valence-electron chi connectivity index (χ1n) is 7.06. The Labute approximate surface area is 131 Å². The van der Waals surface area contributed by atoms with Crippen LogP contribution >= 0.6 is 10.5 Å². The third kappa shape index (κ3) is 3.92. The Morgan fingerprint density at radius 2 is 1.77 bits per heavy atom. The summed E-state index contributed by atoms with van der Waals surface area (Å²) in [6.07, 6.45) is 0.0626. The van der Waals surface area contributed by atoms with Crippen molar-refractivity contribution in [3.05, 3.63) is 41.4 Å². The van der Waals surface area contributed by atoms with Gasteiger partial charge in [0.05, 0.1) is 25.2 Å². The predicted molar refractivity (Wildman–Crippen MR) is 84.9 cm³/mol. The van der Waals surface area contributed by atoms with E-state index in [2.05, 4.69) is 4.98 Å². The monoisotopic (exact) mass is 320 g/mol. The lowest BCUT2D eigenvalue weighted by Gasteiger charge is -1.96. The molecule has 0 radical (unpaired) electrons. The lowest BCUT2D eigenvalue weighted by molar-refractivity contribution is -0.142. The molecule has 1 atom stereocenters. The summed E-state index contributed by atoms with van der Waals surface area (Å²) in [5.41, 5.74) is 1.41. The summed E-state index contributed by atoms with van der Waals surface area (Å²) in [6, 6.07) is 9.44. The Hall–Kier alpha value is -2.21. The molecule has 116 valence electrons. The second kappa shape index (κ2) is 7.70. The van der Waals surface area contributed by atoms with E-state index in [1.807, 2.05) is 30.3 Å². The predicted octanol–water partition coefficient (Wildman–Crippen LogP) is 3.61. The quantitative estimate of drug-likeness (QED) is 0.601. The molecule has 0 saturated heterocycles. The van der Waals surface area contributed by atoms with Crippen LogP contribution in [0.4, 0.5) is 4.79 Å². The van der Waals surface area contributed by atoms with Crippen LogP contribution in [0.15, 0.2) is 35.7 Å². The highest BCUT2D eigenvalue weighted by Crippen LogP contribution is 2.35. The maximum atomic E-state index is 12.1. The van der Waals surface area contributed by atoms with E-state index in [1.165, 1.54) is 0 Å². The van der Waals surface area contributed by atoms with Gasteiger partial charge in [-0.1, -0.05) is 18.2 Å². The number of esters is 1. The van der Waals surface area contributed by atoms with E-state index >= 15 is 0 Å². The minimum Gasteiger partial charge on any atom is -0.466 e. The van der Waals surface area contributed by atoms with E-state index in [0.717, 1.165) is 5.56 Å². The first-order valence-corrected chi connectivity index (χ1v) is 8.34. The van der Waals surface area contributed by atoms with Gasteiger partial charge in [0, 0.05) is 0 Å². The molecule has 2 rings (SSSR count). The van der Waals surface area contributed by atoms with Crippen molar-refractivity contribution >= 4 is 21.7 Å². The summed E-state index contributed by atoms with van der Waals surface area (Å²) in [7, 11) is -0.892. The number of hydrogen-bond acceptors (Lipinski definition) is 5. The number of hydrogen-bond donors (Lipinski definition) is 0. The number of ether oxygens (including phenoxy) is 2. The van der Waals surface area contributed by atoms with Crippen molar-refractivity contribution in [2.75, 3.05) is 13.2 Å². The van der Waals surface area contributed by atoms with Crippen molar-refractivity contribution in [2.24, 2.45) is 0 Å². The van der Waals surface area contributed by atoms with Crippen molar-refractivity contribution in [3.63, 3.8) is 0 Å². The molecule has 0 fully saturated rings. The van der Waals surface area contributed by atoms with Gasteiger partial charge >= 0.3 is 11.3 Å². The molecule has 1 aromatic heterocycles. The summed E-state index contributed by atoms with van der Waals surface area (Å²) in [4.78, 5) is 28.2. The molecule has 0 N–H and O–H groups in total. The van der Waals surface area contributed by atoms with Gasteiger partial charge in [-0.2, -0.15) is 9.78 Å². The molecule has 1 heterocycles. The second-order valence-corrected chi connectivity index (χ2v) is 6.03. The first kappa shape index (κ1) is 16.2. The van der Waals surface area contributed by atoms with Crippen molar-refractivity contribution in [1.29, 1.82) is 0 Å². The van der Waals surface area contributed by atoms with Gasteiger partial charge in [-0.3, -0.25) is 4.79 Å². The van der Waals surface area contributed by atoms with Crippen LogP contribution in [0.5, 0.6) is 0 Å². The molecule has 0 spiro atoms. The van der Waals surface area contributed by atoms with Crippen LogP contribution in [-0.2, 0) is 20.7 Å². The molecule has 6 heteroatoms. The molecule has 0 aliphatic heterocycles. The van der Waals surface area contributed by atoms with E-state index < -0.39 is 10.5 Å². The molecule has 1 aromatic carbocycles. The highest BCUT2D eigenvalue weighted by molar-refractivity contribution is 7.51. The van der Waals surface area contributed by atoms with Crippen molar-refractivity contribution < 1.29 is 19.1 Å². The van der Waals surface area contributed by atoms with Crippen LogP contribution in [-0.4, -0.2) is 29.5 Å². The van der Waals surface area contributed by atoms with Crippen LogP contribution in [0.1, 0.15) is 19.5 Å². The van der Waals surface area contributed by atoms with E-state index in [9.17, 15) is 9.59 Å². The molecule has 0 amide bonds. The largest absolute Gasteiger partial charge is 0.556 e. The minimum atomic E-state index is -0.892. The van der Waals surface area contributed by atoms with E-state index in [-0.39, 0.29) is 17.7 Å². The SMILES string of the molecule is CCOC(=O)Cc1c[s+](C(=O)OCC)c(-c2ccccc2)n1. The summed E-state index contributed by atoms with van der Waals surface area (Å²) in [5.74, 6) is -0.348. The third-order valence-electron chi connectivity index (χ3n) is 2.80. The molecule has 2 aromatic rings. The van der Waals surface area contributed by atoms with E-state index in [0.29, 0.717) is 23.9 Å². The molecule has 1 unspecified atom stereocenters. The number of carbonyl (C=O) groups excluding carboxylic acids is 2. The van der Waals surface area contributed by atoms with Crippen LogP contribution in [0.3, 0.4) is 0 Å². The third-order valence-corrected chi connectivity index (χ3v) is 4.53. The molecule has 0 aliphatic rings. The van der Waals surface area contributed by atoms with Gasteiger partial charge in [-0.05, 0) is 26.0 Å². The Morgan fingerprint density at radius 1 is 1.09 bits per heavy atom. The van der Waals surface area contributed by atoms with Crippen molar-refractivity contribution in [2.45, 2.75) is 20.3 Å². The molecular formula is C16H18NO4S+. The average molecular weight is 320 g/mol.